The minimum Gasteiger partial charge on any atom is -0.321 e. The fraction of sp³-hybridized carbons (Fsp3) is 0.444. The number of hydrogen-bond acceptors (Lipinski definition) is 7. The highest BCUT2D eigenvalue weighted by Gasteiger charge is 2.19. The Labute approximate surface area is 207 Å². The second kappa shape index (κ2) is 11.2. The number of aryl methyl sites for hydroxylation is 1. The molecule has 1 N–H and O–H groups in total. The van der Waals surface area contributed by atoms with Crippen molar-refractivity contribution in [3.63, 3.8) is 0 Å². The van der Waals surface area contributed by atoms with Crippen LogP contribution in [0.25, 0.3) is 11.3 Å². The lowest BCUT2D eigenvalue weighted by Crippen LogP contribution is -2.31. The number of carbonyl (C=O) groups excluding carboxylic acids is 1. The molecule has 35 heavy (non-hydrogen) atoms. The van der Waals surface area contributed by atoms with Crippen molar-refractivity contribution in [2.75, 3.05) is 25.5 Å². The van der Waals surface area contributed by atoms with Crippen LogP contribution >= 0.6 is 0 Å². The largest absolute Gasteiger partial charge is 0.321 e. The van der Waals surface area contributed by atoms with Gasteiger partial charge in [-0.1, -0.05) is 37.6 Å². The van der Waals surface area contributed by atoms with E-state index in [9.17, 15) is 10.1 Å². The highest BCUT2D eigenvalue weighted by atomic mass is 16.1. The van der Waals surface area contributed by atoms with Crippen molar-refractivity contribution in [1.82, 2.24) is 24.6 Å². The van der Waals surface area contributed by atoms with Crippen LogP contribution in [0.15, 0.2) is 42.9 Å². The van der Waals surface area contributed by atoms with E-state index in [2.05, 4.69) is 33.4 Å². The number of ketones is 1. The first kappa shape index (κ1) is 24.6. The zero-order chi connectivity index (χ0) is 24.8. The summed E-state index contributed by atoms with van der Waals surface area (Å²) in [6, 6.07) is 10.1. The number of anilines is 2. The van der Waals surface area contributed by atoms with E-state index >= 15 is 0 Å². The van der Waals surface area contributed by atoms with Gasteiger partial charge in [-0.3, -0.25) is 9.48 Å². The highest BCUT2D eigenvalue weighted by Crippen LogP contribution is 2.26. The maximum absolute atomic E-state index is 12.6. The average Bonchev–Trinajstić information content (AvgIpc) is 3.34. The number of benzene rings is 1. The number of carbonyl (C=O) groups is 1. The van der Waals surface area contributed by atoms with Crippen LogP contribution in [0, 0.1) is 24.2 Å². The molecule has 8 nitrogen and oxygen atoms in total. The fourth-order valence-electron chi connectivity index (χ4n) is 4.50. The summed E-state index contributed by atoms with van der Waals surface area (Å²) in [5.41, 5.74) is 4.15. The Hall–Kier alpha value is -3.57. The molecule has 2 aromatic heterocycles. The number of hydrogen-bond donors (Lipinski definition) is 1. The third-order valence-corrected chi connectivity index (χ3v) is 6.62. The number of nitriles is 1. The quantitative estimate of drug-likeness (QED) is 0.430. The molecule has 0 saturated carbocycles. The van der Waals surface area contributed by atoms with E-state index in [0.717, 1.165) is 61.3 Å². The number of likely N-dealkylation sites (tertiary alicyclic amines) is 1. The molecule has 3 aromatic rings. The Kier molecular flexibility index (Phi) is 7.88. The normalized spacial score (nSPS) is 15.5. The minimum absolute atomic E-state index is 0.0000575. The maximum atomic E-state index is 12.6. The number of piperidine rings is 1. The summed E-state index contributed by atoms with van der Waals surface area (Å²) in [6.07, 6.45) is 9.72. The minimum atomic E-state index is -0.228. The highest BCUT2D eigenvalue weighted by molar-refractivity contribution is 5.96. The zero-order valence-electron chi connectivity index (χ0n) is 20.7. The van der Waals surface area contributed by atoms with Crippen LogP contribution in [-0.4, -0.2) is 50.6 Å². The topological polar surface area (TPSA) is 99.7 Å². The first-order valence-corrected chi connectivity index (χ1v) is 12.3. The third kappa shape index (κ3) is 6.11. The van der Waals surface area contributed by atoms with E-state index < -0.39 is 0 Å². The molecule has 1 aliphatic rings. The molecule has 0 unspecified atom stereocenters. The van der Waals surface area contributed by atoms with Gasteiger partial charge in [-0.25, -0.2) is 9.97 Å². The molecule has 1 saturated heterocycles. The predicted molar refractivity (Wildman–Crippen MR) is 136 cm³/mol. The summed E-state index contributed by atoms with van der Waals surface area (Å²) in [4.78, 5) is 24.1. The second-order valence-electron chi connectivity index (χ2n) is 9.41. The maximum Gasteiger partial charge on any atom is 0.227 e. The van der Waals surface area contributed by atoms with Gasteiger partial charge < -0.3 is 10.2 Å². The smallest absolute Gasteiger partial charge is 0.227 e. The van der Waals surface area contributed by atoms with E-state index in [0.29, 0.717) is 17.6 Å². The van der Waals surface area contributed by atoms with Crippen molar-refractivity contribution in [3.05, 3.63) is 54.0 Å². The lowest BCUT2D eigenvalue weighted by atomic mass is 9.95. The molecular formula is C27H33N7O. The molecule has 0 aliphatic carbocycles. The van der Waals surface area contributed by atoms with Gasteiger partial charge >= 0.3 is 0 Å². The van der Waals surface area contributed by atoms with Crippen LogP contribution < -0.4 is 5.32 Å². The van der Waals surface area contributed by atoms with Gasteiger partial charge in [0.2, 0.25) is 5.95 Å². The molecule has 0 bridgehead atoms. The van der Waals surface area contributed by atoms with Crippen molar-refractivity contribution in [3.8, 4) is 17.3 Å². The Morgan fingerprint density at radius 2 is 1.97 bits per heavy atom. The zero-order valence-corrected chi connectivity index (χ0v) is 20.7. The number of nitrogens with zero attached hydrogens (tertiary/aromatic N) is 6. The van der Waals surface area contributed by atoms with Crippen LogP contribution in [0.1, 0.15) is 61.0 Å². The van der Waals surface area contributed by atoms with Gasteiger partial charge in [-0.05, 0) is 51.9 Å². The first-order valence-electron chi connectivity index (χ1n) is 12.3. The van der Waals surface area contributed by atoms with Crippen molar-refractivity contribution < 1.29 is 4.79 Å². The molecule has 0 spiro atoms. The Balaban J connectivity index is 1.45. The van der Waals surface area contributed by atoms with Crippen molar-refractivity contribution in [2.45, 2.75) is 52.0 Å². The summed E-state index contributed by atoms with van der Waals surface area (Å²) in [6.45, 7) is 6.16. The number of nitrogens with one attached hydrogen (secondary N) is 1. The Morgan fingerprint density at radius 3 is 2.66 bits per heavy atom. The van der Waals surface area contributed by atoms with E-state index in [1.807, 2.05) is 55.2 Å². The Bertz CT molecular complexity index is 1190. The molecule has 1 aromatic carbocycles. The number of Topliss-reactive ketones (excluding diaryl/α,β-unsaturated/α-hetero) is 1. The van der Waals surface area contributed by atoms with Crippen LogP contribution in [0.3, 0.4) is 0 Å². The van der Waals surface area contributed by atoms with E-state index in [4.69, 9.17) is 4.98 Å². The van der Waals surface area contributed by atoms with Gasteiger partial charge in [0.1, 0.15) is 0 Å². The SMILES string of the molecule is CCC[C@@H](C#N)CC(=O)c1ccc(-c2nc(Nc3cnn(C4CCN(C)CC4)c3)ncc2C)cc1. The van der Waals surface area contributed by atoms with Crippen LogP contribution in [0.4, 0.5) is 11.6 Å². The summed E-state index contributed by atoms with van der Waals surface area (Å²) in [5, 5.41) is 17.1. The van der Waals surface area contributed by atoms with Gasteiger partial charge in [-0.2, -0.15) is 10.4 Å². The standard InChI is InChI=1S/C27H33N7O/c1-4-5-20(15-28)14-25(35)21-6-8-22(9-7-21)26-19(2)16-29-27(32-26)31-23-17-30-34(18-23)24-10-12-33(3)13-11-24/h6-9,16-18,20,24H,4-5,10-14H2,1-3H3,(H,29,31,32)/t20-/m1/s1. The van der Waals surface area contributed by atoms with Crippen LogP contribution in [0.5, 0.6) is 0 Å². The number of aromatic nitrogens is 4. The molecule has 3 heterocycles. The molecule has 1 fully saturated rings. The molecule has 182 valence electrons. The van der Waals surface area contributed by atoms with Gasteiger partial charge in [0.15, 0.2) is 5.78 Å². The molecule has 1 atom stereocenters. The lowest BCUT2D eigenvalue weighted by molar-refractivity contribution is 0.0968. The second-order valence-corrected chi connectivity index (χ2v) is 9.41. The van der Waals surface area contributed by atoms with Crippen LogP contribution in [0.2, 0.25) is 0 Å². The molecule has 4 rings (SSSR count). The lowest BCUT2D eigenvalue weighted by Gasteiger charge is -2.28. The van der Waals surface area contributed by atoms with Crippen molar-refractivity contribution >= 4 is 17.4 Å². The summed E-state index contributed by atoms with van der Waals surface area (Å²) < 4.78 is 2.04. The molecular weight excluding hydrogens is 438 g/mol. The van der Waals surface area contributed by atoms with Gasteiger partial charge in [0.25, 0.3) is 0 Å². The molecule has 0 amide bonds. The third-order valence-electron chi connectivity index (χ3n) is 6.62. The fourth-order valence-corrected chi connectivity index (χ4v) is 4.50. The van der Waals surface area contributed by atoms with Crippen molar-refractivity contribution in [2.24, 2.45) is 5.92 Å². The monoisotopic (exact) mass is 471 g/mol. The van der Waals surface area contributed by atoms with Gasteiger partial charge in [0, 0.05) is 29.9 Å². The Morgan fingerprint density at radius 1 is 1.23 bits per heavy atom. The van der Waals surface area contributed by atoms with Crippen LogP contribution in [-0.2, 0) is 0 Å². The first-order chi connectivity index (χ1) is 17.0. The van der Waals surface area contributed by atoms with Gasteiger partial charge in [0.05, 0.1) is 35.6 Å². The molecule has 8 heteroatoms. The predicted octanol–water partition coefficient (Wildman–Crippen LogP) is 5.17. The van der Waals surface area contributed by atoms with E-state index in [1.165, 1.54) is 0 Å². The van der Waals surface area contributed by atoms with E-state index in [1.54, 1.807) is 6.20 Å². The number of rotatable bonds is 9. The van der Waals surface area contributed by atoms with Crippen molar-refractivity contribution in [1.29, 1.82) is 5.26 Å². The molecule has 0 radical (unpaired) electrons. The van der Waals surface area contributed by atoms with E-state index in [-0.39, 0.29) is 18.1 Å². The molecule has 1 aliphatic heterocycles. The average molecular weight is 472 g/mol. The summed E-state index contributed by atoms with van der Waals surface area (Å²) in [5.74, 6) is 0.277. The summed E-state index contributed by atoms with van der Waals surface area (Å²) in [7, 11) is 2.15. The van der Waals surface area contributed by atoms with Gasteiger partial charge in [-0.15, -0.1) is 0 Å². The summed E-state index contributed by atoms with van der Waals surface area (Å²) >= 11 is 0.